The van der Waals surface area contributed by atoms with Crippen molar-refractivity contribution < 1.29 is 9.47 Å². The molecule has 0 heterocycles. The normalized spacial score (nSPS) is 10.6. The van der Waals surface area contributed by atoms with Gasteiger partial charge in [0.1, 0.15) is 0 Å². The Morgan fingerprint density at radius 1 is 0.810 bits per heavy atom. The van der Waals surface area contributed by atoms with E-state index in [-0.39, 0.29) is 0 Å². The number of nitrogen functional groups attached to an aromatic ring is 1. The number of anilines is 1. The van der Waals surface area contributed by atoms with Crippen molar-refractivity contribution in [3.05, 3.63) is 54.6 Å². The van der Waals surface area contributed by atoms with Gasteiger partial charge in [0.2, 0.25) is 0 Å². The Balaban J connectivity index is 2.25. The molecule has 0 radical (unpaired) electrons. The number of benzene rings is 3. The molecule has 21 heavy (non-hydrogen) atoms. The molecule has 0 aliphatic carbocycles. The van der Waals surface area contributed by atoms with E-state index >= 15 is 0 Å². The van der Waals surface area contributed by atoms with Crippen LogP contribution in [0.4, 0.5) is 5.69 Å². The van der Waals surface area contributed by atoms with Gasteiger partial charge in [-0.15, -0.1) is 0 Å². The molecule has 3 rings (SSSR count). The van der Waals surface area contributed by atoms with Gasteiger partial charge in [-0.1, -0.05) is 42.5 Å². The Morgan fingerprint density at radius 3 is 2.14 bits per heavy atom. The second-order valence-electron chi connectivity index (χ2n) is 4.82. The Morgan fingerprint density at radius 2 is 1.48 bits per heavy atom. The summed E-state index contributed by atoms with van der Waals surface area (Å²) in [5.74, 6) is 1.39. The average molecular weight is 279 g/mol. The summed E-state index contributed by atoms with van der Waals surface area (Å²) in [6.07, 6.45) is 0. The molecular weight excluding hydrogens is 262 g/mol. The Labute approximate surface area is 123 Å². The molecule has 0 saturated heterocycles. The first-order valence-corrected chi connectivity index (χ1v) is 6.74. The summed E-state index contributed by atoms with van der Waals surface area (Å²) in [5.41, 5.74) is 9.25. The summed E-state index contributed by atoms with van der Waals surface area (Å²) in [5, 5.41) is 2.00. The highest BCUT2D eigenvalue weighted by molar-refractivity contribution is 6.01. The maximum atomic E-state index is 6.37. The van der Waals surface area contributed by atoms with Crippen LogP contribution in [0.2, 0.25) is 0 Å². The third-order valence-corrected chi connectivity index (χ3v) is 3.65. The van der Waals surface area contributed by atoms with E-state index in [9.17, 15) is 0 Å². The van der Waals surface area contributed by atoms with E-state index < -0.39 is 0 Å². The Kier molecular flexibility index (Phi) is 3.40. The molecule has 3 nitrogen and oxygen atoms in total. The summed E-state index contributed by atoms with van der Waals surface area (Å²) >= 11 is 0. The lowest BCUT2D eigenvalue weighted by atomic mass is 9.98. The highest BCUT2D eigenvalue weighted by Gasteiger charge is 2.11. The number of nitrogens with two attached hydrogens (primary N) is 1. The second kappa shape index (κ2) is 5.37. The van der Waals surface area contributed by atoms with E-state index in [1.807, 2.05) is 36.4 Å². The van der Waals surface area contributed by atoms with Gasteiger partial charge in [0.05, 0.1) is 14.2 Å². The predicted octanol–water partition coefficient (Wildman–Crippen LogP) is 4.11. The van der Waals surface area contributed by atoms with Crippen molar-refractivity contribution >= 4 is 16.5 Å². The molecule has 0 spiro atoms. The van der Waals surface area contributed by atoms with Crippen LogP contribution < -0.4 is 15.2 Å². The first-order chi connectivity index (χ1) is 10.2. The zero-order valence-electron chi connectivity index (χ0n) is 12.1. The fourth-order valence-corrected chi connectivity index (χ4v) is 2.54. The van der Waals surface area contributed by atoms with Crippen LogP contribution in [0.25, 0.3) is 21.9 Å². The third-order valence-electron chi connectivity index (χ3n) is 3.65. The fourth-order valence-electron chi connectivity index (χ4n) is 2.54. The number of fused-ring (bicyclic) bond motifs is 1. The van der Waals surface area contributed by atoms with Crippen molar-refractivity contribution in [1.82, 2.24) is 0 Å². The molecule has 0 amide bonds. The van der Waals surface area contributed by atoms with E-state index in [1.165, 1.54) is 0 Å². The van der Waals surface area contributed by atoms with Gasteiger partial charge in [0.25, 0.3) is 0 Å². The van der Waals surface area contributed by atoms with E-state index in [0.717, 1.165) is 27.6 Å². The molecule has 0 unspecified atom stereocenters. The molecule has 0 aliphatic heterocycles. The largest absolute Gasteiger partial charge is 0.493 e. The zero-order chi connectivity index (χ0) is 14.8. The molecule has 0 atom stereocenters. The summed E-state index contributed by atoms with van der Waals surface area (Å²) in [6.45, 7) is 0. The number of ether oxygens (including phenoxy) is 2. The smallest absolute Gasteiger partial charge is 0.161 e. The van der Waals surface area contributed by atoms with E-state index in [4.69, 9.17) is 15.2 Å². The minimum Gasteiger partial charge on any atom is -0.493 e. The van der Waals surface area contributed by atoms with Crippen LogP contribution in [-0.4, -0.2) is 14.2 Å². The first-order valence-electron chi connectivity index (χ1n) is 6.74. The van der Waals surface area contributed by atoms with Crippen LogP contribution in [0.3, 0.4) is 0 Å². The van der Waals surface area contributed by atoms with Crippen LogP contribution in [0, 0.1) is 0 Å². The third kappa shape index (κ3) is 2.27. The van der Waals surface area contributed by atoms with Gasteiger partial charge in [-0.25, -0.2) is 0 Å². The lowest BCUT2D eigenvalue weighted by molar-refractivity contribution is 0.356. The van der Waals surface area contributed by atoms with E-state index in [0.29, 0.717) is 11.5 Å². The summed E-state index contributed by atoms with van der Waals surface area (Å²) in [6, 6.07) is 18.1. The van der Waals surface area contributed by atoms with Crippen LogP contribution >= 0.6 is 0 Å². The van der Waals surface area contributed by atoms with Gasteiger partial charge in [-0.2, -0.15) is 0 Å². The van der Waals surface area contributed by atoms with Gasteiger partial charge in [0, 0.05) is 16.6 Å². The molecule has 3 heteroatoms. The lowest BCUT2D eigenvalue weighted by Crippen LogP contribution is -1.95. The van der Waals surface area contributed by atoms with Crippen molar-refractivity contribution in [1.29, 1.82) is 0 Å². The van der Waals surface area contributed by atoms with Crippen molar-refractivity contribution in [3.63, 3.8) is 0 Å². The summed E-state index contributed by atoms with van der Waals surface area (Å²) in [7, 11) is 3.26. The topological polar surface area (TPSA) is 44.5 Å². The predicted molar refractivity (Wildman–Crippen MR) is 86.9 cm³/mol. The number of rotatable bonds is 3. The fraction of sp³-hybridized carbons (Fsp3) is 0.111. The van der Waals surface area contributed by atoms with Crippen molar-refractivity contribution in [2.24, 2.45) is 0 Å². The van der Waals surface area contributed by atoms with Gasteiger partial charge >= 0.3 is 0 Å². The van der Waals surface area contributed by atoms with E-state index in [1.54, 1.807) is 14.2 Å². The highest BCUT2D eigenvalue weighted by atomic mass is 16.5. The van der Waals surface area contributed by atoms with Crippen LogP contribution in [0.5, 0.6) is 11.5 Å². The van der Waals surface area contributed by atoms with Crippen LogP contribution in [0.15, 0.2) is 54.6 Å². The molecule has 0 fully saturated rings. The Bertz CT molecular complexity index is 782. The minimum atomic E-state index is 0.682. The van der Waals surface area contributed by atoms with Crippen molar-refractivity contribution in [3.8, 4) is 22.6 Å². The van der Waals surface area contributed by atoms with Gasteiger partial charge < -0.3 is 15.2 Å². The summed E-state index contributed by atoms with van der Waals surface area (Å²) in [4.78, 5) is 0. The first kappa shape index (κ1) is 13.3. The quantitative estimate of drug-likeness (QED) is 0.734. The maximum absolute atomic E-state index is 6.37. The standard InChI is InChI=1S/C18H17NO2/c1-20-16-10-13-8-9-14(12-6-4-3-5-7-12)18(19)15(13)11-17(16)21-2/h3-11H,19H2,1-2H3. The monoisotopic (exact) mass is 279 g/mol. The molecule has 0 aromatic heterocycles. The number of hydrogen-bond donors (Lipinski definition) is 1. The number of hydrogen-bond acceptors (Lipinski definition) is 3. The lowest BCUT2D eigenvalue weighted by Gasteiger charge is -2.13. The summed E-state index contributed by atoms with van der Waals surface area (Å²) < 4.78 is 10.7. The van der Waals surface area contributed by atoms with Crippen molar-refractivity contribution in [2.45, 2.75) is 0 Å². The van der Waals surface area contributed by atoms with Gasteiger partial charge in [-0.05, 0) is 23.1 Å². The average Bonchev–Trinajstić information content (AvgIpc) is 2.55. The number of methoxy groups -OCH3 is 2. The molecule has 106 valence electrons. The van der Waals surface area contributed by atoms with Crippen LogP contribution in [-0.2, 0) is 0 Å². The molecule has 2 N–H and O–H groups in total. The zero-order valence-corrected chi connectivity index (χ0v) is 12.1. The minimum absolute atomic E-state index is 0.682. The molecule has 3 aromatic rings. The van der Waals surface area contributed by atoms with Gasteiger partial charge in [-0.3, -0.25) is 0 Å². The molecule has 3 aromatic carbocycles. The molecule has 0 aliphatic rings. The van der Waals surface area contributed by atoms with Crippen LogP contribution in [0.1, 0.15) is 0 Å². The Hall–Kier alpha value is -2.68. The second-order valence-corrected chi connectivity index (χ2v) is 4.82. The van der Waals surface area contributed by atoms with Crippen molar-refractivity contribution in [2.75, 3.05) is 20.0 Å². The van der Waals surface area contributed by atoms with E-state index in [2.05, 4.69) is 18.2 Å². The molecule has 0 saturated carbocycles. The van der Waals surface area contributed by atoms with Gasteiger partial charge in [0.15, 0.2) is 11.5 Å². The highest BCUT2D eigenvalue weighted by Crippen LogP contribution is 2.38. The SMILES string of the molecule is COc1cc2ccc(-c3ccccc3)c(N)c2cc1OC. The molecule has 0 bridgehead atoms. The maximum Gasteiger partial charge on any atom is 0.161 e. The molecular formula is C18H17NO2.